The second-order valence-corrected chi connectivity index (χ2v) is 8.23. The van der Waals surface area contributed by atoms with Gasteiger partial charge in [-0.25, -0.2) is 23.5 Å². The van der Waals surface area contributed by atoms with Gasteiger partial charge >= 0.3 is 17.8 Å². The highest BCUT2D eigenvalue weighted by Crippen LogP contribution is 2.33. The molecule has 0 spiro atoms. The maximum absolute atomic E-state index is 14.7. The molecule has 1 N–H and O–H groups in total. The number of carboxylic acid groups (broad SMARTS) is 1. The van der Waals surface area contributed by atoms with Crippen molar-refractivity contribution in [1.29, 1.82) is 0 Å². The van der Waals surface area contributed by atoms with Crippen molar-refractivity contribution < 1.29 is 32.3 Å². The largest absolute Gasteiger partial charge is 0.479 e. The van der Waals surface area contributed by atoms with Crippen LogP contribution in [0.3, 0.4) is 0 Å². The predicted octanol–water partition coefficient (Wildman–Crippen LogP) is 2.39. The SMILES string of the molecule is CC#CC(C(=O)O)N1C(=O)CSC1=Nc1cc(-n2c(=O)cc(C(F)(F)F)n(C)c2=O)c(F)cc1Cl. The number of amidine groups is 1. The molecule has 1 aliphatic heterocycles. The zero-order valence-electron chi connectivity index (χ0n) is 17.7. The number of benzene rings is 1. The van der Waals surface area contributed by atoms with Gasteiger partial charge in [0.15, 0.2) is 11.2 Å². The summed E-state index contributed by atoms with van der Waals surface area (Å²) in [5.41, 5.74) is -5.52. The van der Waals surface area contributed by atoms with E-state index in [0.717, 1.165) is 29.8 Å². The van der Waals surface area contributed by atoms with Gasteiger partial charge in [0.05, 0.1) is 22.2 Å². The summed E-state index contributed by atoms with van der Waals surface area (Å²) in [5, 5.41) is 8.93. The number of carbonyl (C=O) groups excluding carboxylic acids is 1. The lowest BCUT2D eigenvalue weighted by Gasteiger charge is -2.20. The number of amides is 1. The third kappa shape index (κ3) is 4.96. The highest BCUT2D eigenvalue weighted by Gasteiger charge is 2.38. The quantitative estimate of drug-likeness (QED) is 0.478. The Morgan fingerprint density at radius 3 is 2.49 bits per heavy atom. The standard InChI is InChI=1S/C20H13ClF4N4O5S/c1-3-4-12(17(32)33)28-16(31)8-35-18(28)26-11-6-13(10(22)5-9(11)21)29-15(30)7-14(20(23,24)25)27(2)19(29)34/h5-7,12H,8H2,1-2H3,(H,32,33). The van der Waals surface area contributed by atoms with E-state index < -0.39 is 52.5 Å². The average molecular weight is 533 g/mol. The normalized spacial score (nSPS) is 15.8. The second kappa shape index (κ2) is 9.59. The van der Waals surface area contributed by atoms with Crippen LogP contribution in [0.1, 0.15) is 12.6 Å². The van der Waals surface area contributed by atoms with Crippen LogP contribution in [0.15, 0.2) is 32.8 Å². The number of aromatic nitrogens is 2. The van der Waals surface area contributed by atoms with Gasteiger partial charge in [-0.2, -0.15) is 13.2 Å². The second-order valence-electron chi connectivity index (χ2n) is 6.88. The summed E-state index contributed by atoms with van der Waals surface area (Å²) >= 11 is 6.86. The van der Waals surface area contributed by atoms with E-state index in [1.165, 1.54) is 6.92 Å². The molecule has 1 atom stereocenters. The first kappa shape index (κ1) is 26.0. The number of thioether (sulfide) groups is 1. The number of carboxylic acids is 1. The monoisotopic (exact) mass is 532 g/mol. The highest BCUT2D eigenvalue weighted by molar-refractivity contribution is 8.15. The first-order valence-corrected chi connectivity index (χ1v) is 10.7. The number of alkyl halides is 3. The van der Waals surface area contributed by atoms with Crippen LogP contribution in [0.4, 0.5) is 23.2 Å². The average Bonchev–Trinajstić information content (AvgIpc) is 3.10. The van der Waals surface area contributed by atoms with Gasteiger partial charge in [-0.05, 0) is 19.1 Å². The van der Waals surface area contributed by atoms with E-state index in [-0.39, 0.29) is 36.8 Å². The van der Waals surface area contributed by atoms with E-state index in [4.69, 9.17) is 11.6 Å². The summed E-state index contributed by atoms with van der Waals surface area (Å²) in [7, 11) is 0.759. The molecule has 2 aromatic rings. The van der Waals surface area contributed by atoms with Gasteiger partial charge in [-0.1, -0.05) is 29.3 Å². The van der Waals surface area contributed by atoms with Crippen LogP contribution in [0.2, 0.25) is 5.02 Å². The van der Waals surface area contributed by atoms with E-state index in [9.17, 15) is 41.8 Å². The van der Waals surface area contributed by atoms with E-state index >= 15 is 0 Å². The maximum Gasteiger partial charge on any atom is 0.431 e. The molecule has 3 rings (SSSR count). The highest BCUT2D eigenvalue weighted by atomic mass is 35.5. The van der Waals surface area contributed by atoms with Crippen LogP contribution < -0.4 is 11.2 Å². The molecule has 9 nitrogen and oxygen atoms in total. The summed E-state index contributed by atoms with van der Waals surface area (Å²) in [6.07, 6.45) is -5.01. The molecule has 1 aromatic heterocycles. The zero-order chi connectivity index (χ0) is 26.2. The van der Waals surface area contributed by atoms with Crippen molar-refractivity contribution in [3.05, 3.63) is 55.6 Å². The summed E-state index contributed by atoms with van der Waals surface area (Å²) in [6.45, 7) is 1.37. The first-order valence-electron chi connectivity index (χ1n) is 9.36. The number of halogens is 5. The number of aliphatic carboxylic acids is 1. The Balaban J connectivity index is 2.21. The van der Waals surface area contributed by atoms with Crippen molar-refractivity contribution in [2.45, 2.75) is 19.1 Å². The van der Waals surface area contributed by atoms with Crippen molar-refractivity contribution in [3.63, 3.8) is 0 Å². The van der Waals surface area contributed by atoms with Gasteiger partial charge in [0, 0.05) is 13.1 Å². The van der Waals surface area contributed by atoms with Gasteiger partial charge in [0.2, 0.25) is 5.91 Å². The molecule has 1 unspecified atom stereocenters. The number of hydrogen-bond donors (Lipinski definition) is 1. The van der Waals surface area contributed by atoms with Crippen molar-refractivity contribution >= 4 is 46.1 Å². The molecule has 0 saturated carbocycles. The predicted molar refractivity (Wildman–Crippen MR) is 119 cm³/mol. The minimum absolute atomic E-state index is 0.134. The number of nitrogens with zero attached hydrogens (tertiary/aromatic N) is 4. The molecule has 1 aromatic carbocycles. The Morgan fingerprint density at radius 2 is 1.91 bits per heavy atom. The van der Waals surface area contributed by atoms with Gasteiger partial charge in [0.1, 0.15) is 11.5 Å². The van der Waals surface area contributed by atoms with E-state index in [0.29, 0.717) is 6.07 Å². The fourth-order valence-corrected chi connectivity index (χ4v) is 4.19. The fraction of sp³-hybridized carbons (Fsp3) is 0.250. The van der Waals surface area contributed by atoms with Crippen molar-refractivity contribution in [2.24, 2.45) is 12.0 Å². The molecule has 1 aliphatic rings. The van der Waals surface area contributed by atoms with Crippen molar-refractivity contribution in [3.8, 4) is 17.5 Å². The van der Waals surface area contributed by atoms with Crippen LogP contribution in [-0.2, 0) is 22.8 Å². The molecule has 2 heterocycles. The third-order valence-corrected chi connectivity index (χ3v) is 5.90. The molecule has 35 heavy (non-hydrogen) atoms. The number of hydrogen-bond acceptors (Lipinski definition) is 6. The molecule has 0 radical (unpaired) electrons. The smallest absolute Gasteiger partial charge is 0.431 e. The van der Waals surface area contributed by atoms with Crippen molar-refractivity contribution in [2.75, 3.05) is 5.75 Å². The Labute approximate surface area is 202 Å². The summed E-state index contributed by atoms with van der Waals surface area (Å²) < 4.78 is 54.3. The number of aliphatic imine (C=N–C) groups is 1. The van der Waals surface area contributed by atoms with Gasteiger partial charge < -0.3 is 5.11 Å². The van der Waals surface area contributed by atoms with Crippen LogP contribution >= 0.6 is 23.4 Å². The minimum atomic E-state index is -5.01. The molecule has 0 aliphatic carbocycles. The van der Waals surface area contributed by atoms with E-state index in [1.54, 1.807) is 0 Å². The molecule has 1 amide bonds. The Kier molecular flexibility index (Phi) is 7.13. The van der Waals surface area contributed by atoms with Crippen LogP contribution in [-0.4, -0.2) is 48.0 Å². The van der Waals surface area contributed by atoms with E-state index in [2.05, 4.69) is 16.8 Å². The van der Waals surface area contributed by atoms with Crippen LogP contribution in [0, 0.1) is 17.7 Å². The Morgan fingerprint density at radius 1 is 1.26 bits per heavy atom. The zero-order valence-corrected chi connectivity index (χ0v) is 19.3. The van der Waals surface area contributed by atoms with E-state index in [1.807, 2.05) is 0 Å². The lowest BCUT2D eigenvalue weighted by Crippen LogP contribution is -2.43. The molecule has 0 bridgehead atoms. The molecular formula is C20H13ClF4N4O5S. The van der Waals surface area contributed by atoms with Crippen LogP contribution in [0.5, 0.6) is 0 Å². The lowest BCUT2D eigenvalue weighted by atomic mass is 10.2. The summed E-state index contributed by atoms with van der Waals surface area (Å²) in [4.78, 5) is 53.7. The minimum Gasteiger partial charge on any atom is -0.479 e. The fourth-order valence-electron chi connectivity index (χ4n) is 3.09. The lowest BCUT2D eigenvalue weighted by molar-refractivity contribution is -0.144. The molecule has 184 valence electrons. The Bertz CT molecular complexity index is 1450. The molecular weight excluding hydrogens is 520 g/mol. The molecule has 15 heteroatoms. The molecule has 1 saturated heterocycles. The number of carbonyl (C=O) groups is 2. The maximum atomic E-state index is 14.7. The van der Waals surface area contributed by atoms with Crippen LogP contribution in [0.25, 0.3) is 5.69 Å². The van der Waals surface area contributed by atoms with Gasteiger partial charge in [-0.3, -0.25) is 19.1 Å². The first-order chi connectivity index (χ1) is 16.3. The van der Waals surface area contributed by atoms with Crippen molar-refractivity contribution in [1.82, 2.24) is 14.0 Å². The molecule has 1 fully saturated rings. The summed E-state index contributed by atoms with van der Waals surface area (Å²) in [6, 6.07) is 0.0508. The summed E-state index contributed by atoms with van der Waals surface area (Å²) in [5.74, 6) is 1.28. The van der Waals surface area contributed by atoms with Gasteiger partial charge in [0.25, 0.3) is 5.56 Å². The number of rotatable bonds is 4. The topological polar surface area (TPSA) is 114 Å². The van der Waals surface area contributed by atoms with Gasteiger partial charge in [-0.15, -0.1) is 5.92 Å². The third-order valence-electron chi connectivity index (χ3n) is 4.66. The Hall–Kier alpha value is -3.57.